The van der Waals surface area contributed by atoms with Crippen LogP contribution in [0.2, 0.25) is 0 Å². The van der Waals surface area contributed by atoms with Crippen LogP contribution in [0, 0.1) is 6.92 Å². The number of aryl methyl sites for hydroxylation is 1. The van der Waals surface area contributed by atoms with Crippen LogP contribution >= 0.6 is 0 Å². The number of nitrogens with one attached hydrogen (secondary N) is 2. The van der Waals surface area contributed by atoms with E-state index in [2.05, 4.69) is 27.6 Å². The van der Waals surface area contributed by atoms with E-state index in [0.29, 0.717) is 5.69 Å². The Bertz CT molecular complexity index is 880. The second-order valence-electron chi connectivity index (χ2n) is 5.73. The average Bonchev–Trinajstić information content (AvgIpc) is 3.04. The third-order valence-corrected chi connectivity index (χ3v) is 4.05. The van der Waals surface area contributed by atoms with E-state index < -0.39 is 0 Å². The SMILES string of the molecule is CCc1ccc(/C=N\NC(=O)c2[nH]nc(-c3ccccc3)c2C)cc1. The van der Waals surface area contributed by atoms with Crippen molar-refractivity contribution >= 4 is 12.1 Å². The van der Waals surface area contributed by atoms with E-state index in [1.54, 1.807) is 6.21 Å². The summed E-state index contributed by atoms with van der Waals surface area (Å²) >= 11 is 0. The number of hydrogen-bond donors (Lipinski definition) is 2. The molecule has 0 bridgehead atoms. The summed E-state index contributed by atoms with van der Waals surface area (Å²) in [5, 5.41) is 11.1. The lowest BCUT2D eigenvalue weighted by Crippen LogP contribution is -2.19. The topological polar surface area (TPSA) is 70.1 Å². The third kappa shape index (κ3) is 3.83. The fourth-order valence-corrected chi connectivity index (χ4v) is 2.56. The van der Waals surface area contributed by atoms with Crippen molar-refractivity contribution in [2.45, 2.75) is 20.3 Å². The second-order valence-corrected chi connectivity index (χ2v) is 5.73. The minimum absolute atomic E-state index is 0.311. The zero-order valence-electron chi connectivity index (χ0n) is 14.3. The first-order chi connectivity index (χ1) is 12.2. The predicted octanol–water partition coefficient (Wildman–Crippen LogP) is 3.71. The maximum Gasteiger partial charge on any atom is 0.289 e. The first kappa shape index (κ1) is 16.6. The van der Waals surface area contributed by atoms with Gasteiger partial charge in [0.2, 0.25) is 0 Å². The van der Waals surface area contributed by atoms with Gasteiger partial charge in [-0.3, -0.25) is 9.89 Å². The van der Waals surface area contributed by atoms with Crippen LogP contribution in [-0.2, 0) is 6.42 Å². The monoisotopic (exact) mass is 332 g/mol. The average molecular weight is 332 g/mol. The summed E-state index contributed by atoms with van der Waals surface area (Å²) in [6.07, 6.45) is 2.62. The fraction of sp³-hybridized carbons (Fsp3) is 0.150. The van der Waals surface area contributed by atoms with Crippen molar-refractivity contribution in [1.82, 2.24) is 15.6 Å². The lowest BCUT2D eigenvalue weighted by molar-refractivity contribution is 0.0949. The fourth-order valence-electron chi connectivity index (χ4n) is 2.56. The second kappa shape index (κ2) is 7.57. The molecular weight excluding hydrogens is 312 g/mol. The highest BCUT2D eigenvalue weighted by atomic mass is 16.2. The Kier molecular flexibility index (Phi) is 5.04. The molecule has 0 atom stereocenters. The molecule has 0 aliphatic rings. The molecule has 5 nitrogen and oxygen atoms in total. The molecule has 2 aromatic carbocycles. The van der Waals surface area contributed by atoms with E-state index in [0.717, 1.165) is 28.8 Å². The molecule has 1 aromatic heterocycles. The molecule has 0 aliphatic heterocycles. The van der Waals surface area contributed by atoms with Crippen LogP contribution < -0.4 is 5.43 Å². The van der Waals surface area contributed by atoms with E-state index in [4.69, 9.17) is 0 Å². The largest absolute Gasteiger partial charge is 0.289 e. The van der Waals surface area contributed by atoms with Crippen molar-refractivity contribution in [3.05, 3.63) is 77.0 Å². The van der Waals surface area contributed by atoms with E-state index in [1.807, 2.05) is 61.5 Å². The van der Waals surface area contributed by atoms with Crippen LogP contribution in [-0.4, -0.2) is 22.3 Å². The summed E-state index contributed by atoms with van der Waals surface area (Å²) in [6, 6.07) is 17.8. The summed E-state index contributed by atoms with van der Waals surface area (Å²) in [4.78, 5) is 12.3. The molecule has 3 aromatic rings. The van der Waals surface area contributed by atoms with Gasteiger partial charge in [-0.25, -0.2) is 5.43 Å². The molecule has 25 heavy (non-hydrogen) atoms. The number of carbonyl (C=O) groups is 1. The van der Waals surface area contributed by atoms with Gasteiger partial charge in [-0.1, -0.05) is 61.5 Å². The molecule has 0 aliphatic carbocycles. The normalized spacial score (nSPS) is 11.0. The molecule has 0 saturated heterocycles. The van der Waals surface area contributed by atoms with Crippen LogP contribution in [0.5, 0.6) is 0 Å². The van der Waals surface area contributed by atoms with E-state index >= 15 is 0 Å². The van der Waals surface area contributed by atoms with Gasteiger partial charge in [0.25, 0.3) is 5.91 Å². The van der Waals surface area contributed by atoms with Gasteiger partial charge in [-0.05, 0) is 24.5 Å². The van der Waals surface area contributed by atoms with Gasteiger partial charge in [0, 0.05) is 11.1 Å². The van der Waals surface area contributed by atoms with Crippen molar-refractivity contribution in [3.63, 3.8) is 0 Å². The molecule has 2 N–H and O–H groups in total. The molecule has 0 radical (unpaired) electrons. The molecule has 0 saturated carbocycles. The number of hydrazone groups is 1. The molecule has 126 valence electrons. The zero-order chi connectivity index (χ0) is 17.6. The number of hydrogen-bond acceptors (Lipinski definition) is 3. The van der Waals surface area contributed by atoms with E-state index in [1.165, 1.54) is 5.56 Å². The Labute approximate surface area is 146 Å². The van der Waals surface area contributed by atoms with Crippen molar-refractivity contribution in [2.24, 2.45) is 5.10 Å². The van der Waals surface area contributed by atoms with Crippen LogP contribution in [0.1, 0.15) is 34.1 Å². The lowest BCUT2D eigenvalue weighted by Gasteiger charge is -2.00. The summed E-state index contributed by atoms with van der Waals surface area (Å²) in [7, 11) is 0. The number of aromatic nitrogens is 2. The maximum atomic E-state index is 12.3. The van der Waals surface area contributed by atoms with Gasteiger partial charge in [-0.2, -0.15) is 10.2 Å². The van der Waals surface area contributed by atoms with Crippen LogP contribution in [0.3, 0.4) is 0 Å². The van der Waals surface area contributed by atoms with Crippen LogP contribution in [0.25, 0.3) is 11.3 Å². The van der Waals surface area contributed by atoms with Crippen molar-refractivity contribution < 1.29 is 4.79 Å². The highest BCUT2D eigenvalue weighted by Gasteiger charge is 2.16. The lowest BCUT2D eigenvalue weighted by atomic mass is 10.1. The van der Waals surface area contributed by atoms with Crippen LogP contribution in [0.4, 0.5) is 0 Å². The molecule has 0 spiro atoms. The number of nitrogens with zero attached hydrogens (tertiary/aromatic N) is 2. The van der Waals surface area contributed by atoms with Gasteiger partial charge in [0.1, 0.15) is 5.69 Å². The number of carbonyl (C=O) groups excluding carboxylic acids is 1. The maximum absolute atomic E-state index is 12.3. The minimum Gasteiger partial charge on any atom is -0.272 e. The van der Waals surface area contributed by atoms with E-state index in [-0.39, 0.29) is 5.91 Å². The Balaban J connectivity index is 1.69. The number of amides is 1. The van der Waals surface area contributed by atoms with Crippen LogP contribution in [0.15, 0.2) is 59.7 Å². The summed E-state index contributed by atoms with van der Waals surface area (Å²) in [5.74, 6) is -0.311. The molecule has 3 rings (SSSR count). The third-order valence-electron chi connectivity index (χ3n) is 4.05. The predicted molar refractivity (Wildman–Crippen MR) is 99.6 cm³/mol. The Hall–Kier alpha value is -3.21. The Morgan fingerprint density at radius 2 is 1.88 bits per heavy atom. The number of H-pyrrole nitrogens is 1. The van der Waals surface area contributed by atoms with Crippen molar-refractivity contribution in [3.8, 4) is 11.3 Å². The summed E-state index contributed by atoms with van der Waals surface area (Å²) in [5.41, 5.74) is 7.69. The summed E-state index contributed by atoms with van der Waals surface area (Å²) in [6.45, 7) is 3.98. The molecule has 1 amide bonds. The Morgan fingerprint density at radius 3 is 2.56 bits per heavy atom. The quantitative estimate of drug-likeness (QED) is 0.552. The first-order valence-electron chi connectivity index (χ1n) is 8.21. The van der Waals surface area contributed by atoms with Crippen molar-refractivity contribution in [1.29, 1.82) is 0 Å². The minimum atomic E-state index is -0.311. The Morgan fingerprint density at radius 1 is 1.16 bits per heavy atom. The highest BCUT2D eigenvalue weighted by molar-refractivity contribution is 5.95. The summed E-state index contributed by atoms with van der Waals surface area (Å²) < 4.78 is 0. The molecular formula is C20H20N4O. The van der Waals surface area contributed by atoms with Gasteiger partial charge in [0.15, 0.2) is 0 Å². The number of rotatable bonds is 5. The zero-order valence-corrected chi connectivity index (χ0v) is 14.3. The van der Waals surface area contributed by atoms with Gasteiger partial charge in [0.05, 0.1) is 11.9 Å². The van der Waals surface area contributed by atoms with Gasteiger partial charge >= 0.3 is 0 Å². The molecule has 5 heteroatoms. The number of benzene rings is 2. The smallest absolute Gasteiger partial charge is 0.272 e. The highest BCUT2D eigenvalue weighted by Crippen LogP contribution is 2.22. The van der Waals surface area contributed by atoms with Crippen molar-refractivity contribution in [2.75, 3.05) is 0 Å². The standard InChI is InChI=1S/C20H20N4O/c1-3-15-9-11-16(12-10-15)13-21-24-20(25)19-14(2)18(22-23-19)17-7-5-4-6-8-17/h4-13H,3H2,1-2H3,(H,22,23)(H,24,25)/b21-13-. The molecule has 0 fully saturated rings. The van der Waals surface area contributed by atoms with Gasteiger partial charge in [-0.15, -0.1) is 0 Å². The van der Waals surface area contributed by atoms with Gasteiger partial charge < -0.3 is 0 Å². The molecule has 1 heterocycles. The molecule has 0 unspecified atom stereocenters. The van der Waals surface area contributed by atoms with E-state index in [9.17, 15) is 4.79 Å². The number of aromatic amines is 1. The first-order valence-corrected chi connectivity index (χ1v) is 8.21.